The zero-order valence-electron chi connectivity index (χ0n) is 11.6. The first-order valence-electron chi connectivity index (χ1n) is 6.26. The van der Waals surface area contributed by atoms with Crippen LogP contribution in [0.3, 0.4) is 0 Å². The Hall–Kier alpha value is -2.40. The average Bonchev–Trinajstić information content (AvgIpc) is 2.42. The van der Waals surface area contributed by atoms with E-state index in [1.807, 2.05) is 13.0 Å². The summed E-state index contributed by atoms with van der Waals surface area (Å²) in [5.41, 5.74) is 2.41. The highest BCUT2D eigenvalue weighted by molar-refractivity contribution is 6.34. The normalized spacial score (nSPS) is 10.0. The Morgan fingerprint density at radius 1 is 1.19 bits per heavy atom. The molecule has 1 aromatic heterocycles. The van der Waals surface area contributed by atoms with Gasteiger partial charge in [-0.05, 0) is 30.7 Å². The molecule has 0 bridgehead atoms. The van der Waals surface area contributed by atoms with Crippen molar-refractivity contribution in [1.29, 1.82) is 0 Å². The standard InChI is InChI=1S/C15H14ClN3O2/c1-9-3-4-11(7-14(9)18-10(2)20)19-15(21)12-8-17-6-5-13(12)16/h3-8H,1-2H3,(H,18,20)(H,19,21). The molecule has 1 aromatic carbocycles. The molecule has 6 heteroatoms. The lowest BCUT2D eigenvalue weighted by molar-refractivity contribution is -0.114. The van der Waals surface area contributed by atoms with E-state index in [1.54, 1.807) is 18.2 Å². The Morgan fingerprint density at radius 2 is 1.95 bits per heavy atom. The number of amides is 2. The smallest absolute Gasteiger partial charge is 0.258 e. The van der Waals surface area contributed by atoms with Crippen molar-refractivity contribution in [2.24, 2.45) is 0 Å². The summed E-state index contributed by atoms with van der Waals surface area (Å²) in [6.07, 6.45) is 2.92. The maximum absolute atomic E-state index is 12.1. The molecule has 108 valence electrons. The molecule has 2 rings (SSSR count). The third kappa shape index (κ3) is 3.79. The first-order chi connectivity index (χ1) is 9.97. The van der Waals surface area contributed by atoms with Crippen LogP contribution >= 0.6 is 11.6 Å². The van der Waals surface area contributed by atoms with E-state index in [0.29, 0.717) is 22.0 Å². The van der Waals surface area contributed by atoms with Gasteiger partial charge in [0.15, 0.2) is 0 Å². The summed E-state index contributed by atoms with van der Waals surface area (Å²) in [5.74, 6) is -0.525. The number of halogens is 1. The predicted molar refractivity (Wildman–Crippen MR) is 82.7 cm³/mol. The number of carbonyl (C=O) groups excluding carboxylic acids is 2. The minimum atomic E-state index is -0.356. The minimum Gasteiger partial charge on any atom is -0.326 e. The second-order valence-electron chi connectivity index (χ2n) is 4.52. The van der Waals surface area contributed by atoms with E-state index >= 15 is 0 Å². The number of aryl methyl sites for hydroxylation is 1. The van der Waals surface area contributed by atoms with Gasteiger partial charge in [-0.1, -0.05) is 17.7 Å². The largest absolute Gasteiger partial charge is 0.326 e. The molecule has 0 aliphatic heterocycles. The molecule has 2 amide bonds. The molecule has 0 radical (unpaired) electrons. The van der Waals surface area contributed by atoms with Gasteiger partial charge in [0.25, 0.3) is 5.91 Å². The monoisotopic (exact) mass is 303 g/mol. The van der Waals surface area contributed by atoms with Crippen molar-refractivity contribution in [2.45, 2.75) is 13.8 Å². The minimum absolute atomic E-state index is 0.170. The van der Waals surface area contributed by atoms with Gasteiger partial charge in [-0.15, -0.1) is 0 Å². The van der Waals surface area contributed by atoms with Crippen LogP contribution < -0.4 is 10.6 Å². The predicted octanol–water partition coefficient (Wildman–Crippen LogP) is 3.25. The van der Waals surface area contributed by atoms with Crippen molar-refractivity contribution in [2.75, 3.05) is 10.6 Å². The summed E-state index contributed by atoms with van der Waals surface area (Å²) in [6, 6.07) is 6.81. The van der Waals surface area contributed by atoms with Gasteiger partial charge in [0, 0.05) is 30.7 Å². The number of pyridine rings is 1. The number of nitrogens with one attached hydrogen (secondary N) is 2. The number of anilines is 2. The molecule has 2 aromatic rings. The maximum Gasteiger partial charge on any atom is 0.258 e. The van der Waals surface area contributed by atoms with Crippen molar-refractivity contribution in [1.82, 2.24) is 4.98 Å². The van der Waals surface area contributed by atoms with Crippen molar-refractivity contribution < 1.29 is 9.59 Å². The highest BCUT2D eigenvalue weighted by Gasteiger charge is 2.11. The molecule has 0 aliphatic carbocycles. The van der Waals surface area contributed by atoms with Crippen LogP contribution in [0.2, 0.25) is 5.02 Å². The molecule has 0 saturated carbocycles. The maximum atomic E-state index is 12.1. The molecule has 0 saturated heterocycles. The fourth-order valence-electron chi connectivity index (χ4n) is 1.77. The number of hydrogen-bond acceptors (Lipinski definition) is 3. The van der Waals surface area contributed by atoms with Gasteiger partial charge in [-0.2, -0.15) is 0 Å². The lowest BCUT2D eigenvalue weighted by Crippen LogP contribution is -2.13. The summed E-state index contributed by atoms with van der Waals surface area (Å²) in [4.78, 5) is 27.1. The molecule has 21 heavy (non-hydrogen) atoms. The summed E-state index contributed by atoms with van der Waals surface area (Å²) in [5, 5.41) is 5.76. The fourth-order valence-corrected chi connectivity index (χ4v) is 1.96. The van der Waals surface area contributed by atoms with E-state index in [-0.39, 0.29) is 11.8 Å². The van der Waals surface area contributed by atoms with Crippen LogP contribution in [0.25, 0.3) is 0 Å². The van der Waals surface area contributed by atoms with Gasteiger partial charge >= 0.3 is 0 Å². The van der Waals surface area contributed by atoms with E-state index in [9.17, 15) is 9.59 Å². The lowest BCUT2D eigenvalue weighted by atomic mass is 10.1. The molecular weight excluding hydrogens is 290 g/mol. The van der Waals surface area contributed by atoms with E-state index < -0.39 is 0 Å². The molecule has 1 heterocycles. The highest BCUT2D eigenvalue weighted by Crippen LogP contribution is 2.22. The van der Waals surface area contributed by atoms with Gasteiger partial charge < -0.3 is 10.6 Å². The molecule has 0 unspecified atom stereocenters. The second-order valence-corrected chi connectivity index (χ2v) is 4.93. The first kappa shape index (κ1) is 15.0. The summed E-state index contributed by atoms with van der Waals surface area (Å²) < 4.78 is 0. The number of carbonyl (C=O) groups is 2. The van der Waals surface area contributed by atoms with Crippen LogP contribution in [0.1, 0.15) is 22.8 Å². The van der Waals surface area contributed by atoms with Gasteiger partial charge in [-0.3, -0.25) is 14.6 Å². The lowest BCUT2D eigenvalue weighted by Gasteiger charge is -2.11. The van der Waals surface area contributed by atoms with E-state index in [2.05, 4.69) is 15.6 Å². The summed E-state index contributed by atoms with van der Waals surface area (Å²) >= 11 is 5.95. The van der Waals surface area contributed by atoms with Gasteiger partial charge in [0.2, 0.25) is 5.91 Å². The van der Waals surface area contributed by atoms with Crippen LogP contribution in [-0.2, 0) is 4.79 Å². The summed E-state index contributed by atoms with van der Waals surface area (Å²) in [7, 11) is 0. The van der Waals surface area contributed by atoms with Crippen LogP contribution in [0, 0.1) is 6.92 Å². The third-order valence-electron chi connectivity index (χ3n) is 2.82. The topological polar surface area (TPSA) is 71.1 Å². The third-order valence-corrected chi connectivity index (χ3v) is 3.15. The number of rotatable bonds is 3. The van der Waals surface area contributed by atoms with E-state index in [4.69, 9.17) is 11.6 Å². The first-order valence-corrected chi connectivity index (χ1v) is 6.64. The Labute approximate surface area is 127 Å². The van der Waals surface area contributed by atoms with Crippen LogP contribution in [0.5, 0.6) is 0 Å². The van der Waals surface area contributed by atoms with E-state index in [0.717, 1.165) is 5.56 Å². The van der Waals surface area contributed by atoms with Crippen molar-refractivity contribution >= 4 is 34.8 Å². The van der Waals surface area contributed by atoms with Gasteiger partial charge in [-0.25, -0.2) is 0 Å². The zero-order chi connectivity index (χ0) is 15.4. The summed E-state index contributed by atoms with van der Waals surface area (Å²) in [6.45, 7) is 3.30. The Morgan fingerprint density at radius 3 is 2.62 bits per heavy atom. The Kier molecular flexibility index (Phi) is 4.55. The molecule has 0 fully saturated rings. The molecular formula is C15H14ClN3O2. The number of aromatic nitrogens is 1. The number of nitrogens with zero attached hydrogens (tertiary/aromatic N) is 1. The Bertz CT molecular complexity index is 701. The number of benzene rings is 1. The molecule has 0 atom stereocenters. The van der Waals surface area contributed by atoms with Crippen LogP contribution in [0.4, 0.5) is 11.4 Å². The Balaban J connectivity index is 2.22. The zero-order valence-corrected chi connectivity index (χ0v) is 12.4. The van der Waals surface area contributed by atoms with Crippen molar-refractivity contribution in [3.05, 3.63) is 52.8 Å². The highest BCUT2D eigenvalue weighted by atomic mass is 35.5. The number of hydrogen-bond donors (Lipinski definition) is 2. The SMILES string of the molecule is CC(=O)Nc1cc(NC(=O)c2cnccc2Cl)ccc1C. The fraction of sp³-hybridized carbons (Fsp3) is 0.133. The molecule has 2 N–H and O–H groups in total. The second kappa shape index (κ2) is 6.37. The van der Waals surface area contributed by atoms with Gasteiger partial charge in [0.05, 0.1) is 10.6 Å². The average molecular weight is 304 g/mol. The molecule has 0 spiro atoms. The van der Waals surface area contributed by atoms with Crippen molar-refractivity contribution in [3.63, 3.8) is 0 Å². The van der Waals surface area contributed by atoms with Gasteiger partial charge in [0.1, 0.15) is 0 Å². The van der Waals surface area contributed by atoms with Crippen LogP contribution in [0.15, 0.2) is 36.7 Å². The van der Waals surface area contributed by atoms with Crippen LogP contribution in [-0.4, -0.2) is 16.8 Å². The molecule has 0 aliphatic rings. The van der Waals surface area contributed by atoms with Crippen molar-refractivity contribution in [3.8, 4) is 0 Å². The van der Waals surface area contributed by atoms with E-state index in [1.165, 1.54) is 19.3 Å². The quantitative estimate of drug-likeness (QED) is 0.914. The molecule has 5 nitrogen and oxygen atoms in total.